The van der Waals surface area contributed by atoms with Gasteiger partial charge in [0.2, 0.25) is 5.91 Å². The first-order valence-corrected chi connectivity index (χ1v) is 14.6. The summed E-state index contributed by atoms with van der Waals surface area (Å²) >= 11 is 7.23. The van der Waals surface area contributed by atoms with Crippen molar-refractivity contribution in [1.82, 2.24) is 9.88 Å². The second-order valence-corrected chi connectivity index (χ2v) is 11.6. The summed E-state index contributed by atoms with van der Waals surface area (Å²) in [5.74, 6) is 0.940. The van der Waals surface area contributed by atoms with E-state index in [1.165, 1.54) is 23.5 Å². The van der Waals surface area contributed by atoms with Crippen molar-refractivity contribution < 1.29 is 22.7 Å². The van der Waals surface area contributed by atoms with Crippen molar-refractivity contribution in [3.63, 3.8) is 0 Å². The molecule has 0 radical (unpaired) electrons. The van der Waals surface area contributed by atoms with Crippen LogP contribution in [0.15, 0.2) is 41.3 Å². The van der Waals surface area contributed by atoms with Crippen LogP contribution in [0.5, 0.6) is 11.5 Å². The lowest BCUT2D eigenvalue weighted by atomic mass is 10.3. The summed E-state index contributed by atoms with van der Waals surface area (Å²) < 4.78 is 37.2. The van der Waals surface area contributed by atoms with E-state index < -0.39 is 9.84 Å². The third-order valence-corrected chi connectivity index (χ3v) is 9.10. The summed E-state index contributed by atoms with van der Waals surface area (Å²) in [4.78, 5) is 22.2. The number of carbonyl (C=O) groups is 1. The topological polar surface area (TPSA) is 89.0 Å². The zero-order chi connectivity index (χ0) is 26.3. The molecule has 36 heavy (non-hydrogen) atoms. The minimum absolute atomic E-state index is 0.0786. The van der Waals surface area contributed by atoms with Gasteiger partial charge >= 0.3 is 0 Å². The summed E-state index contributed by atoms with van der Waals surface area (Å²) in [5.41, 5.74) is 0.628. The van der Waals surface area contributed by atoms with Gasteiger partial charge in [-0.1, -0.05) is 36.8 Å². The van der Waals surface area contributed by atoms with Crippen molar-refractivity contribution in [1.29, 1.82) is 0 Å². The Morgan fingerprint density at radius 1 is 1.00 bits per heavy atom. The van der Waals surface area contributed by atoms with Gasteiger partial charge in [0.05, 0.1) is 24.9 Å². The van der Waals surface area contributed by atoms with E-state index in [1.54, 1.807) is 37.3 Å². The molecule has 11 heteroatoms. The monoisotopic (exact) mass is 553 g/mol. The molecule has 1 amide bonds. The molecule has 0 aliphatic carbocycles. The van der Waals surface area contributed by atoms with Gasteiger partial charge < -0.3 is 14.4 Å². The van der Waals surface area contributed by atoms with Gasteiger partial charge in [0.1, 0.15) is 21.7 Å². The first kappa shape index (κ1) is 28.2. The zero-order valence-corrected chi connectivity index (χ0v) is 23.4. The fourth-order valence-corrected chi connectivity index (χ4v) is 6.36. The Bertz CT molecular complexity index is 1230. The smallest absolute Gasteiger partial charge is 0.228 e. The number of sulfone groups is 1. The average molecular weight is 554 g/mol. The van der Waals surface area contributed by atoms with E-state index in [0.717, 1.165) is 17.8 Å². The number of carbonyl (C=O) groups excluding carboxylic acids is 1. The van der Waals surface area contributed by atoms with Crippen LogP contribution in [0, 0.1) is 0 Å². The maximum atomic E-state index is 13.4. The quantitative estimate of drug-likeness (QED) is 0.297. The van der Waals surface area contributed by atoms with Crippen molar-refractivity contribution in [3.05, 3.63) is 41.4 Å². The predicted octanol–water partition coefficient (Wildman–Crippen LogP) is 4.90. The van der Waals surface area contributed by atoms with Crippen molar-refractivity contribution in [3.8, 4) is 11.5 Å². The highest BCUT2D eigenvalue weighted by molar-refractivity contribution is 7.91. The van der Waals surface area contributed by atoms with E-state index >= 15 is 0 Å². The van der Waals surface area contributed by atoms with Crippen molar-refractivity contribution in [2.24, 2.45) is 0 Å². The molecular weight excluding hydrogens is 522 g/mol. The number of fused-ring (bicyclic) bond motifs is 1. The molecule has 0 unspecified atom stereocenters. The Morgan fingerprint density at radius 3 is 2.25 bits per heavy atom. The van der Waals surface area contributed by atoms with Crippen molar-refractivity contribution in [2.45, 2.75) is 31.6 Å². The lowest BCUT2D eigenvalue weighted by molar-refractivity contribution is -0.118. The molecule has 0 bridgehead atoms. The maximum Gasteiger partial charge on any atom is 0.228 e. The molecular formula is C25H32ClN3O5S2. The van der Waals surface area contributed by atoms with Crippen LogP contribution in [-0.4, -0.2) is 70.4 Å². The third kappa shape index (κ3) is 6.67. The number of hydrogen-bond donors (Lipinski definition) is 0. The molecule has 3 aromatic rings. The highest BCUT2D eigenvalue weighted by Crippen LogP contribution is 2.40. The Morgan fingerprint density at radius 2 is 1.64 bits per heavy atom. The largest absolute Gasteiger partial charge is 0.495 e. The van der Waals surface area contributed by atoms with Crippen LogP contribution in [0.25, 0.3) is 10.2 Å². The fraction of sp³-hybridized carbons (Fsp3) is 0.440. The number of benzene rings is 2. The molecule has 8 nitrogen and oxygen atoms in total. The van der Waals surface area contributed by atoms with Gasteiger partial charge in [-0.25, -0.2) is 13.4 Å². The molecule has 0 saturated heterocycles. The van der Waals surface area contributed by atoms with Crippen LogP contribution >= 0.6 is 22.9 Å². The molecule has 1 aromatic heterocycles. The minimum Gasteiger partial charge on any atom is -0.495 e. The molecule has 0 N–H and O–H groups in total. The summed E-state index contributed by atoms with van der Waals surface area (Å²) in [5, 5.41) is 1.00. The van der Waals surface area contributed by atoms with Crippen LogP contribution in [0.4, 0.5) is 5.13 Å². The average Bonchev–Trinajstić information content (AvgIpc) is 3.31. The second kappa shape index (κ2) is 12.7. The Kier molecular flexibility index (Phi) is 9.95. The lowest BCUT2D eigenvalue weighted by Gasteiger charge is -2.24. The number of aromatic nitrogens is 1. The van der Waals surface area contributed by atoms with Crippen molar-refractivity contribution >= 4 is 54.0 Å². The predicted molar refractivity (Wildman–Crippen MR) is 146 cm³/mol. The Labute approximate surface area is 221 Å². The molecule has 1 heterocycles. The summed E-state index contributed by atoms with van der Waals surface area (Å²) in [6.07, 6.45) is 0.276. The number of thiazole rings is 1. The Hall–Kier alpha value is -2.40. The van der Waals surface area contributed by atoms with Crippen LogP contribution in [0.3, 0.4) is 0 Å². The molecule has 2 aromatic carbocycles. The van der Waals surface area contributed by atoms with E-state index in [2.05, 4.69) is 18.7 Å². The number of halogens is 1. The van der Waals surface area contributed by atoms with Crippen LogP contribution in [-0.2, 0) is 14.6 Å². The number of ether oxygens (including phenoxy) is 2. The molecule has 0 aliphatic heterocycles. The highest BCUT2D eigenvalue weighted by Gasteiger charge is 2.24. The highest BCUT2D eigenvalue weighted by atomic mass is 35.5. The zero-order valence-electron chi connectivity index (χ0n) is 21.0. The van der Waals surface area contributed by atoms with Crippen LogP contribution in [0.1, 0.15) is 26.7 Å². The minimum atomic E-state index is -3.52. The van der Waals surface area contributed by atoms with E-state index in [1.807, 2.05) is 6.07 Å². The number of likely N-dealkylation sites (N-methyl/N-ethyl adjacent to an activating group) is 1. The molecule has 0 fully saturated rings. The first-order valence-electron chi connectivity index (χ1n) is 11.8. The molecule has 0 aliphatic rings. The number of nitrogens with zero attached hydrogens (tertiary/aromatic N) is 3. The van der Waals surface area contributed by atoms with Gasteiger partial charge in [0.15, 0.2) is 15.0 Å². The van der Waals surface area contributed by atoms with Gasteiger partial charge in [0.25, 0.3) is 0 Å². The summed E-state index contributed by atoms with van der Waals surface area (Å²) in [7, 11) is -0.356. The summed E-state index contributed by atoms with van der Waals surface area (Å²) in [6.45, 7) is 6.98. The molecule has 0 atom stereocenters. The second-order valence-electron chi connectivity index (χ2n) is 8.09. The van der Waals surface area contributed by atoms with Gasteiger partial charge in [-0.05, 0) is 55.9 Å². The first-order chi connectivity index (χ1) is 17.2. The van der Waals surface area contributed by atoms with E-state index in [-0.39, 0.29) is 29.4 Å². The lowest BCUT2D eigenvalue weighted by Crippen LogP contribution is -2.38. The molecule has 0 spiro atoms. The molecule has 196 valence electrons. The van der Waals surface area contributed by atoms with Crippen LogP contribution < -0.4 is 14.4 Å². The summed E-state index contributed by atoms with van der Waals surface area (Å²) in [6, 6.07) is 9.66. The number of methoxy groups -OCH3 is 2. The van der Waals surface area contributed by atoms with Gasteiger partial charge in [-0.3, -0.25) is 9.69 Å². The maximum absolute atomic E-state index is 13.4. The number of amides is 1. The normalized spacial score (nSPS) is 11.7. The van der Waals surface area contributed by atoms with E-state index in [4.69, 9.17) is 26.1 Å². The number of anilines is 1. The molecule has 3 rings (SSSR count). The molecule has 0 saturated carbocycles. The van der Waals surface area contributed by atoms with Gasteiger partial charge in [-0.15, -0.1) is 0 Å². The fourth-order valence-electron chi connectivity index (χ4n) is 3.81. The van der Waals surface area contributed by atoms with E-state index in [0.29, 0.717) is 40.3 Å². The standard InChI is InChI=1S/C25H32ClN3O5S2/c1-5-28(6-2)15-16-29(25-27-23-20(33-3)13-14-21(34-4)24(23)35-25)22(30)8-7-17-36(31,32)19-11-9-18(26)10-12-19/h9-14H,5-8,15-17H2,1-4H3. The van der Waals surface area contributed by atoms with E-state index in [9.17, 15) is 13.2 Å². The number of hydrogen-bond acceptors (Lipinski definition) is 8. The van der Waals surface area contributed by atoms with Crippen molar-refractivity contribution in [2.75, 3.05) is 51.1 Å². The van der Waals surface area contributed by atoms with Gasteiger partial charge in [-0.2, -0.15) is 0 Å². The third-order valence-electron chi connectivity index (χ3n) is 5.94. The SMILES string of the molecule is CCN(CC)CCN(C(=O)CCCS(=O)(=O)c1ccc(Cl)cc1)c1nc2c(OC)ccc(OC)c2s1. The van der Waals surface area contributed by atoms with Crippen LogP contribution in [0.2, 0.25) is 5.02 Å². The Balaban J connectivity index is 1.82. The number of rotatable bonds is 13. The van der Waals surface area contributed by atoms with Gasteiger partial charge in [0, 0.05) is 24.5 Å².